The highest BCUT2D eigenvalue weighted by Gasteiger charge is 2.21. The van der Waals surface area contributed by atoms with Gasteiger partial charge in [0.1, 0.15) is 18.4 Å². The molecule has 1 fully saturated rings. The van der Waals surface area contributed by atoms with E-state index < -0.39 is 0 Å². The van der Waals surface area contributed by atoms with Crippen molar-refractivity contribution < 1.29 is 14.3 Å². The quantitative estimate of drug-likeness (QED) is 0.828. The Labute approximate surface area is 107 Å². The second kappa shape index (κ2) is 6.40. The van der Waals surface area contributed by atoms with E-state index in [0.717, 1.165) is 37.1 Å². The van der Waals surface area contributed by atoms with Gasteiger partial charge in [-0.3, -0.25) is 4.79 Å². The Morgan fingerprint density at radius 3 is 2.72 bits per heavy atom. The molecule has 1 heterocycles. The number of nitrogens with one attached hydrogen (secondary N) is 1. The summed E-state index contributed by atoms with van der Waals surface area (Å²) in [5.74, 6) is 0.657. The molecule has 1 unspecified atom stereocenters. The van der Waals surface area contributed by atoms with Crippen LogP contribution in [0.1, 0.15) is 24.8 Å². The van der Waals surface area contributed by atoms with Crippen molar-refractivity contribution in [1.29, 1.82) is 0 Å². The van der Waals surface area contributed by atoms with Gasteiger partial charge in [-0.25, -0.2) is 0 Å². The average molecular weight is 249 g/mol. The van der Waals surface area contributed by atoms with Gasteiger partial charge < -0.3 is 14.8 Å². The number of benzene rings is 1. The normalized spacial score (nSPS) is 19.3. The highest BCUT2D eigenvalue weighted by Crippen LogP contribution is 2.13. The molecule has 98 valence electrons. The van der Waals surface area contributed by atoms with Crippen molar-refractivity contribution in [2.75, 3.05) is 13.7 Å². The molecule has 0 aliphatic carbocycles. The van der Waals surface area contributed by atoms with E-state index in [1.54, 1.807) is 7.11 Å². The number of carbonyl (C=O) groups excluding carboxylic acids is 1. The van der Waals surface area contributed by atoms with Crippen LogP contribution >= 0.6 is 0 Å². The molecule has 2 rings (SSSR count). The summed E-state index contributed by atoms with van der Waals surface area (Å²) in [6.45, 7) is 1.23. The molecule has 18 heavy (non-hydrogen) atoms. The van der Waals surface area contributed by atoms with Crippen molar-refractivity contribution in [1.82, 2.24) is 5.32 Å². The molecule has 1 aromatic rings. The van der Waals surface area contributed by atoms with Gasteiger partial charge in [0.15, 0.2) is 0 Å². The third kappa shape index (κ3) is 3.47. The van der Waals surface area contributed by atoms with E-state index in [1.807, 2.05) is 24.3 Å². The highest BCUT2D eigenvalue weighted by atomic mass is 16.5. The lowest BCUT2D eigenvalue weighted by Gasteiger charge is -2.21. The third-order valence-corrected chi connectivity index (χ3v) is 3.13. The minimum Gasteiger partial charge on any atom is -0.497 e. The van der Waals surface area contributed by atoms with Crippen molar-refractivity contribution in [2.24, 2.45) is 0 Å². The van der Waals surface area contributed by atoms with Crippen molar-refractivity contribution in [3.8, 4) is 5.75 Å². The van der Waals surface area contributed by atoms with E-state index in [1.165, 1.54) is 0 Å². The molecule has 0 aromatic heterocycles. The summed E-state index contributed by atoms with van der Waals surface area (Å²) in [4.78, 5) is 11.8. The number of carbonyl (C=O) groups is 1. The largest absolute Gasteiger partial charge is 0.497 e. The van der Waals surface area contributed by atoms with Crippen LogP contribution in [0.25, 0.3) is 0 Å². The molecule has 0 amide bonds. The van der Waals surface area contributed by atoms with Gasteiger partial charge in [0.2, 0.25) is 0 Å². The number of ether oxygens (including phenoxy) is 2. The Hall–Kier alpha value is -1.55. The van der Waals surface area contributed by atoms with Gasteiger partial charge in [-0.15, -0.1) is 0 Å². The SMILES string of the molecule is COc1ccc(COC(=O)C2CCCCN2)cc1. The number of hydrogen-bond acceptors (Lipinski definition) is 4. The zero-order valence-corrected chi connectivity index (χ0v) is 10.6. The molecule has 1 aliphatic heterocycles. The molecular weight excluding hydrogens is 230 g/mol. The fourth-order valence-electron chi connectivity index (χ4n) is 2.03. The maximum atomic E-state index is 11.8. The number of piperidine rings is 1. The number of hydrogen-bond donors (Lipinski definition) is 1. The van der Waals surface area contributed by atoms with Crippen molar-refractivity contribution in [3.63, 3.8) is 0 Å². The van der Waals surface area contributed by atoms with Gasteiger partial charge in [-0.2, -0.15) is 0 Å². The lowest BCUT2D eigenvalue weighted by atomic mass is 10.1. The molecule has 4 heteroatoms. The second-order valence-corrected chi connectivity index (χ2v) is 4.46. The van der Waals surface area contributed by atoms with Crippen LogP contribution in [-0.2, 0) is 16.1 Å². The Morgan fingerprint density at radius 2 is 2.11 bits per heavy atom. The molecule has 1 N–H and O–H groups in total. The van der Waals surface area contributed by atoms with Crippen LogP contribution in [0.2, 0.25) is 0 Å². The summed E-state index contributed by atoms with van der Waals surface area (Å²) in [6, 6.07) is 7.40. The Bertz CT molecular complexity index is 383. The Balaban J connectivity index is 1.80. The maximum Gasteiger partial charge on any atom is 0.323 e. The summed E-state index contributed by atoms with van der Waals surface area (Å²) < 4.78 is 10.4. The van der Waals surface area contributed by atoms with E-state index in [0.29, 0.717) is 6.61 Å². The fourth-order valence-corrected chi connectivity index (χ4v) is 2.03. The van der Waals surface area contributed by atoms with Crippen LogP contribution in [0.15, 0.2) is 24.3 Å². The van der Waals surface area contributed by atoms with Crippen LogP contribution in [0.3, 0.4) is 0 Å². The molecule has 1 aromatic carbocycles. The molecule has 0 bridgehead atoms. The monoisotopic (exact) mass is 249 g/mol. The summed E-state index contributed by atoms with van der Waals surface area (Å²) >= 11 is 0. The second-order valence-electron chi connectivity index (χ2n) is 4.46. The van der Waals surface area contributed by atoms with Gasteiger partial charge in [-0.05, 0) is 37.1 Å². The smallest absolute Gasteiger partial charge is 0.323 e. The number of methoxy groups -OCH3 is 1. The molecule has 1 atom stereocenters. The lowest BCUT2D eigenvalue weighted by molar-refractivity contribution is -0.148. The van der Waals surface area contributed by atoms with Crippen LogP contribution in [-0.4, -0.2) is 25.7 Å². The number of rotatable bonds is 4. The summed E-state index contributed by atoms with van der Waals surface area (Å²) in [5, 5.41) is 3.18. The first-order chi connectivity index (χ1) is 8.79. The van der Waals surface area contributed by atoms with Crippen LogP contribution in [0.5, 0.6) is 5.75 Å². The Morgan fingerprint density at radius 1 is 1.33 bits per heavy atom. The molecule has 1 saturated heterocycles. The highest BCUT2D eigenvalue weighted by molar-refractivity contribution is 5.75. The topological polar surface area (TPSA) is 47.6 Å². The molecule has 4 nitrogen and oxygen atoms in total. The van der Waals surface area contributed by atoms with E-state index in [9.17, 15) is 4.79 Å². The minimum atomic E-state index is -0.148. The maximum absolute atomic E-state index is 11.8. The lowest BCUT2D eigenvalue weighted by Crippen LogP contribution is -2.41. The van der Waals surface area contributed by atoms with Gasteiger partial charge in [0, 0.05) is 0 Å². The van der Waals surface area contributed by atoms with Crippen LogP contribution in [0.4, 0.5) is 0 Å². The fraction of sp³-hybridized carbons (Fsp3) is 0.500. The van der Waals surface area contributed by atoms with Gasteiger partial charge in [0.25, 0.3) is 0 Å². The predicted molar refractivity (Wildman–Crippen MR) is 68.4 cm³/mol. The standard InChI is InChI=1S/C14H19NO3/c1-17-12-7-5-11(6-8-12)10-18-14(16)13-4-2-3-9-15-13/h5-8,13,15H,2-4,9-10H2,1H3. The summed E-state index contributed by atoms with van der Waals surface area (Å²) in [7, 11) is 1.63. The zero-order valence-electron chi connectivity index (χ0n) is 10.6. The molecular formula is C14H19NO3. The van der Waals surface area contributed by atoms with E-state index in [2.05, 4.69) is 5.32 Å². The van der Waals surface area contributed by atoms with E-state index in [4.69, 9.17) is 9.47 Å². The van der Waals surface area contributed by atoms with Crippen molar-refractivity contribution in [3.05, 3.63) is 29.8 Å². The van der Waals surface area contributed by atoms with E-state index in [-0.39, 0.29) is 12.0 Å². The van der Waals surface area contributed by atoms with Crippen molar-refractivity contribution >= 4 is 5.97 Å². The average Bonchev–Trinajstić information content (AvgIpc) is 2.46. The van der Waals surface area contributed by atoms with Crippen LogP contribution in [0, 0.1) is 0 Å². The molecule has 0 radical (unpaired) electrons. The molecule has 0 saturated carbocycles. The molecule has 1 aliphatic rings. The summed E-state index contributed by atoms with van der Waals surface area (Å²) in [5.41, 5.74) is 0.972. The van der Waals surface area contributed by atoms with Gasteiger partial charge in [-0.1, -0.05) is 18.6 Å². The van der Waals surface area contributed by atoms with Crippen LogP contribution < -0.4 is 10.1 Å². The van der Waals surface area contributed by atoms with E-state index >= 15 is 0 Å². The predicted octanol–water partition coefficient (Wildman–Crippen LogP) is 1.88. The zero-order chi connectivity index (χ0) is 12.8. The number of esters is 1. The molecule has 0 spiro atoms. The van der Waals surface area contributed by atoms with Crippen molar-refractivity contribution in [2.45, 2.75) is 31.9 Å². The first-order valence-corrected chi connectivity index (χ1v) is 6.32. The summed E-state index contributed by atoms with van der Waals surface area (Å²) in [6.07, 6.45) is 3.11. The van der Waals surface area contributed by atoms with Gasteiger partial charge >= 0.3 is 5.97 Å². The minimum absolute atomic E-state index is 0.128. The Kier molecular flexibility index (Phi) is 4.59. The first-order valence-electron chi connectivity index (χ1n) is 6.32. The first kappa shape index (κ1) is 12.9. The third-order valence-electron chi connectivity index (χ3n) is 3.13. The van der Waals surface area contributed by atoms with Gasteiger partial charge in [0.05, 0.1) is 7.11 Å².